The summed E-state index contributed by atoms with van der Waals surface area (Å²) >= 11 is 0. The van der Waals surface area contributed by atoms with E-state index in [1.54, 1.807) is 0 Å². The Balaban J connectivity index is 2.59. The average Bonchev–Trinajstić information content (AvgIpc) is 2.30. The Morgan fingerprint density at radius 3 is 2.54 bits per heavy atom. The molecule has 0 aliphatic heterocycles. The maximum Gasteiger partial charge on any atom is 0.218 e. The van der Waals surface area contributed by atoms with E-state index in [0.29, 0.717) is 5.92 Å². The molecule has 0 aliphatic carbocycles. The van der Waals surface area contributed by atoms with Gasteiger partial charge in [0, 0.05) is 0 Å². The van der Waals surface area contributed by atoms with Crippen LogP contribution in [-0.4, -0.2) is 4.98 Å². The van der Waals surface area contributed by atoms with Gasteiger partial charge in [-0.3, -0.25) is 0 Å². The Bertz CT molecular complexity index is 278. The minimum atomic E-state index is 0.688. The van der Waals surface area contributed by atoms with Gasteiger partial charge in [-0.2, -0.15) is 0 Å². The summed E-state index contributed by atoms with van der Waals surface area (Å²) in [5.41, 5.74) is 0.976. The van der Waals surface area contributed by atoms with Gasteiger partial charge in [0.1, 0.15) is 5.76 Å². The molecular weight excluding hydrogens is 162 g/mol. The number of hydrogen-bond acceptors (Lipinski definition) is 2. The highest BCUT2D eigenvalue weighted by molar-refractivity contribution is 5.38. The van der Waals surface area contributed by atoms with Crippen LogP contribution in [0.2, 0.25) is 0 Å². The van der Waals surface area contributed by atoms with Crippen LogP contribution in [0.15, 0.2) is 10.5 Å². The second kappa shape index (κ2) is 4.26. The van der Waals surface area contributed by atoms with Gasteiger partial charge in [-0.1, -0.05) is 19.9 Å². The predicted octanol–water partition coefficient (Wildman–Crippen LogP) is 3.35. The smallest absolute Gasteiger partial charge is 0.218 e. The van der Waals surface area contributed by atoms with Gasteiger partial charge in [-0.25, -0.2) is 4.98 Å². The van der Waals surface area contributed by atoms with E-state index in [9.17, 15) is 0 Å². The fourth-order valence-electron chi connectivity index (χ4n) is 1.01. The van der Waals surface area contributed by atoms with Gasteiger partial charge in [0.2, 0.25) is 5.89 Å². The Kier molecular flexibility index (Phi) is 3.29. The van der Waals surface area contributed by atoms with Crippen LogP contribution < -0.4 is 0 Å². The van der Waals surface area contributed by atoms with Gasteiger partial charge >= 0.3 is 0 Å². The number of allylic oxidation sites excluding steroid dienone is 1. The fourth-order valence-corrected chi connectivity index (χ4v) is 1.01. The SMILES string of the molecule is Cc1nc(C=CCC(C)C)oc1C. The van der Waals surface area contributed by atoms with Crippen molar-refractivity contribution in [2.45, 2.75) is 34.1 Å². The lowest BCUT2D eigenvalue weighted by atomic mass is 10.1. The summed E-state index contributed by atoms with van der Waals surface area (Å²) in [4.78, 5) is 4.25. The summed E-state index contributed by atoms with van der Waals surface area (Å²) in [6.07, 6.45) is 5.12. The number of rotatable bonds is 3. The molecule has 72 valence electrons. The van der Waals surface area contributed by atoms with Crippen LogP contribution in [0.4, 0.5) is 0 Å². The summed E-state index contributed by atoms with van der Waals surface area (Å²) in [5.74, 6) is 2.31. The maximum atomic E-state index is 5.40. The molecule has 0 saturated carbocycles. The van der Waals surface area contributed by atoms with E-state index in [0.717, 1.165) is 23.8 Å². The topological polar surface area (TPSA) is 26.0 Å². The average molecular weight is 179 g/mol. The van der Waals surface area contributed by atoms with Crippen molar-refractivity contribution in [3.05, 3.63) is 23.4 Å². The molecule has 1 aromatic heterocycles. The molecule has 0 atom stereocenters. The number of hydrogen-bond donors (Lipinski definition) is 0. The fraction of sp³-hybridized carbons (Fsp3) is 0.545. The van der Waals surface area contributed by atoms with Crippen LogP contribution in [0, 0.1) is 19.8 Å². The molecule has 13 heavy (non-hydrogen) atoms. The van der Waals surface area contributed by atoms with E-state index in [1.165, 1.54) is 0 Å². The summed E-state index contributed by atoms with van der Waals surface area (Å²) in [5, 5.41) is 0. The zero-order chi connectivity index (χ0) is 9.84. The normalized spacial score (nSPS) is 11.8. The molecule has 0 fully saturated rings. The summed E-state index contributed by atoms with van der Waals surface area (Å²) in [7, 11) is 0. The Morgan fingerprint density at radius 2 is 2.08 bits per heavy atom. The van der Waals surface area contributed by atoms with Gasteiger partial charge in [0.05, 0.1) is 5.69 Å². The molecule has 0 amide bonds. The van der Waals surface area contributed by atoms with E-state index in [4.69, 9.17) is 4.42 Å². The van der Waals surface area contributed by atoms with E-state index >= 15 is 0 Å². The van der Waals surface area contributed by atoms with Crippen molar-refractivity contribution >= 4 is 6.08 Å². The number of aromatic nitrogens is 1. The first-order chi connectivity index (χ1) is 6.09. The van der Waals surface area contributed by atoms with Gasteiger partial charge in [-0.05, 0) is 32.3 Å². The van der Waals surface area contributed by atoms with Crippen molar-refractivity contribution < 1.29 is 4.42 Å². The van der Waals surface area contributed by atoms with E-state index in [-0.39, 0.29) is 0 Å². The highest BCUT2D eigenvalue weighted by Crippen LogP contribution is 2.10. The third-order valence-electron chi connectivity index (χ3n) is 1.91. The van der Waals surface area contributed by atoms with Crippen molar-refractivity contribution in [1.29, 1.82) is 0 Å². The van der Waals surface area contributed by atoms with Crippen molar-refractivity contribution in [3.8, 4) is 0 Å². The Morgan fingerprint density at radius 1 is 1.38 bits per heavy atom. The molecule has 0 unspecified atom stereocenters. The lowest BCUT2D eigenvalue weighted by Crippen LogP contribution is -1.81. The quantitative estimate of drug-likeness (QED) is 0.711. The third-order valence-corrected chi connectivity index (χ3v) is 1.91. The van der Waals surface area contributed by atoms with Gasteiger partial charge < -0.3 is 4.42 Å². The van der Waals surface area contributed by atoms with Crippen molar-refractivity contribution in [1.82, 2.24) is 4.98 Å². The molecular formula is C11H17NO. The first-order valence-electron chi connectivity index (χ1n) is 4.70. The molecule has 0 spiro atoms. The first kappa shape index (κ1) is 10.0. The summed E-state index contributed by atoms with van der Waals surface area (Å²) < 4.78 is 5.40. The Labute approximate surface area is 79.7 Å². The predicted molar refractivity (Wildman–Crippen MR) is 54.5 cm³/mol. The molecule has 0 radical (unpaired) electrons. The van der Waals surface area contributed by atoms with E-state index < -0.39 is 0 Å². The van der Waals surface area contributed by atoms with Crippen molar-refractivity contribution in [2.24, 2.45) is 5.92 Å². The molecule has 0 aromatic carbocycles. The molecule has 0 saturated heterocycles. The molecule has 0 aliphatic rings. The van der Waals surface area contributed by atoms with Crippen LogP contribution in [0.3, 0.4) is 0 Å². The number of oxazole rings is 1. The highest BCUT2D eigenvalue weighted by atomic mass is 16.4. The molecule has 2 nitrogen and oxygen atoms in total. The Hall–Kier alpha value is -1.05. The second-order valence-corrected chi connectivity index (χ2v) is 3.73. The summed E-state index contributed by atoms with van der Waals surface area (Å²) in [6.45, 7) is 8.27. The minimum absolute atomic E-state index is 0.688. The number of aryl methyl sites for hydroxylation is 2. The van der Waals surface area contributed by atoms with Crippen LogP contribution in [-0.2, 0) is 0 Å². The number of nitrogens with zero attached hydrogens (tertiary/aromatic N) is 1. The van der Waals surface area contributed by atoms with Gasteiger partial charge in [-0.15, -0.1) is 0 Å². The third kappa shape index (κ3) is 3.05. The van der Waals surface area contributed by atoms with Gasteiger partial charge in [0.15, 0.2) is 0 Å². The van der Waals surface area contributed by atoms with Crippen LogP contribution in [0.1, 0.15) is 37.6 Å². The molecule has 2 heteroatoms. The summed E-state index contributed by atoms with van der Waals surface area (Å²) in [6, 6.07) is 0. The molecule has 1 rings (SSSR count). The van der Waals surface area contributed by atoms with Crippen LogP contribution in [0.5, 0.6) is 0 Å². The van der Waals surface area contributed by atoms with Crippen LogP contribution in [0.25, 0.3) is 6.08 Å². The van der Waals surface area contributed by atoms with Crippen molar-refractivity contribution in [2.75, 3.05) is 0 Å². The lowest BCUT2D eigenvalue weighted by molar-refractivity contribution is 0.515. The molecule has 0 N–H and O–H groups in total. The molecule has 1 heterocycles. The monoisotopic (exact) mass is 179 g/mol. The van der Waals surface area contributed by atoms with Gasteiger partial charge in [0.25, 0.3) is 0 Å². The van der Waals surface area contributed by atoms with E-state index in [2.05, 4.69) is 24.9 Å². The lowest BCUT2D eigenvalue weighted by Gasteiger charge is -1.94. The van der Waals surface area contributed by atoms with Crippen molar-refractivity contribution in [3.63, 3.8) is 0 Å². The van der Waals surface area contributed by atoms with Crippen LogP contribution >= 0.6 is 0 Å². The first-order valence-corrected chi connectivity index (χ1v) is 4.70. The highest BCUT2D eigenvalue weighted by Gasteiger charge is 2.00. The maximum absolute atomic E-state index is 5.40. The molecule has 1 aromatic rings. The largest absolute Gasteiger partial charge is 0.442 e. The zero-order valence-electron chi connectivity index (χ0n) is 8.79. The second-order valence-electron chi connectivity index (χ2n) is 3.73. The minimum Gasteiger partial charge on any atom is -0.442 e. The standard InChI is InChI=1S/C11H17NO/c1-8(2)6-5-7-11-12-9(3)10(4)13-11/h5,7-8H,6H2,1-4H3. The van der Waals surface area contributed by atoms with E-state index in [1.807, 2.05) is 19.9 Å². The molecule has 0 bridgehead atoms. The zero-order valence-corrected chi connectivity index (χ0v) is 8.79.